The largest absolute Gasteiger partial charge is 0.511 e. The van der Waals surface area contributed by atoms with Crippen molar-refractivity contribution < 1.29 is 33.7 Å². The summed E-state index contributed by atoms with van der Waals surface area (Å²) in [5.74, 6) is -2.30. The maximum absolute atomic E-state index is 10.9. The predicted molar refractivity (Wildman–Crippen MR) is 59.7 cm³/mol. The van der Waals surface area contributed by atoms with E-state index in [0.29, 0.717) is 6.42 Å². The van der Waals surface area contributed by atoms with Crippen LogP contribution < -0.4 is 0 Å². The zero-order valence-corrected chi connectivity index (χ0v) is 10.1. The van der Waals surface area contributed by atoms with Crippen molar-refractivity contribution in [3.05, 3.63) is 12.2 Å². The van der Waals surface area contributed by atoms with E-state index in [2.05, 4.69) is 14.2 Å². The van der Waals surface area contributed by atoms with Crippen LogP contribution in [-0.2, 0) is 23.8 Å². The van der Waals surface area contributed by atoms with Crippen molar-refractivity contribution in [3.63, 3.8) is 0 Å². The van der Waals surface area contributed by atoms with Gasteiger partial charge in [0.15, 0.2) is 0 Å². The molecule has 18 heavy (non-hydrogen) atoms. The van der Waals surface area contributed by atoms with Gasteiger partial charge >= 0.3 is 18.1 Å². The molecule has 0 spiro atoms. The number of carbonyl (C=O) groups excluding carboxylic acids is 2. The summed E-state index contributed by atoms with van der Waals surface area (Å²) in [7, 11) is 0. The van der Waals surface area contributed by atoms with Crippen molar-refractivity contribution in [1.29, 1.82) is 0 Å². The first-order chi connectivity index (χ1) is 8.56. The number of aliphatic carboxylic acids is 1. The van der Waals surface area contributed by atoms with Gasteiger partial charge in [0.1, 0.15) is 6.42 Å². The molecule has 0 heterocycles. The first-order valence-corrected chi connectivity index (χ1v) is 5.34. The van der Waals surface area contributed by atoms with E-state index < -0.39 is 31.3 Å². The number of allylic oxidation sites excluding steroid dienone is 2. The van der Waals surface area contributed by atoms with E-state index >= 15 is 0 Å². The Hall–Kier alpha value is -2.05. The Morgan fingerprint density at radius 1 is 1.17 bits per heavy atom. The molecule has 0 aliphatic heterocycles. The second-order valence-corrected chi connectivity index (χ2v) is 3.16. The molecular formula is C11H16O7. The smallest absolute Gasteiger partial charge is 0.481 e. The van der Waals surface area contributed by atoms with Gasteiger partial charge in [-0.25, -0.2) is 4.79 Å². The normalized spacial score (nSPS) is 10.1. The van der Waals surface area contributed by atoms with Gasteiger partial charge in [-0.2, -0.15) is 0 Å². The number of carboxylic acids is 1. The average Bonchev–Trinajstić information content (AvgIpc) is 2.27. The molecule has 0 bridgehead atoms. The molecule has 7 nitrogen and oxygen atoms in total. The van der Waals surface area contributed by atoms with Crippen LogP contribution in [0.3, 0.4) is 0 Å². The fourth-order valence-electron chi connectivity index (χ4n) is 0.883. The minimum absolute atomic E-state index is 0.201. The maximum atomic E-state index is 10.9. The Morgan fingerprint density at radius 2 is 1.89 bits per heavy atom. The number of carbonyl (C=O) groups is 3. The van der Waals surface area contributed by atoms with E-state index in [0.717, 1.165) is 6.42 Å². The van der Waals surface area contributed by atoms with E-state index in [1.54, 1.807) is 0 Å². The third-order valence-electron chi connectivity index (χ3n) is 1.66. The molecule has 0 atom stereocenters. The van der Waals surface area contributed by atoms with Crippen LogP contribution in [0.2, 0.25) is 0 Å². The second kappa shape index (κ2) is 10.1. The zero-order chi connectivity index (χ0) is 13.8. The predicted octanol–water partition coefficient (Wildman–Crippen LogP) is 1.47. The highest BCUT2D eigenvalue weighted by molar-refractivity contribution is 5.90. The monoisotopic (exact) mass is 260 g/mol. The molecule has 0 rings (SSSR count). The quantitative estimate of drug-likeness (QED) is 0.232. The highest BCUT2D eigenvalue weighted by atomic mass is 16.8. The molecule has 0 fully saturated rings. The lowest BCUT2D eigenvalue weighted by Gasteiger charge is -2.05. The van der Waals surface area contributed by atoms with Gasteiger partial charge in [-0.3, -0.25) is 9.59 Å². The molecule has 0 aliphatic carbocycles. The Balaban J connectivity index is 3.47. The highest BCUT2D eigenvalue weighted by Crippen LogP contribution is 1.95. The molecule has 0 saturated heterocycles. The lowest BCUT2D eigenvalue weighted by atomic mass is 10.3. The van der Waals surface area contributed by atoms with Gasteiger partial charge in [0.2, 0.25) is 6.79 Å². The molecule has 0 unspecified atom stereocenters. The number of ether oxygens (including phenoxy) is 3. The van der Waals surface area contributed by atoms with E-state index in [4.69, 9.17) is 5.11 Å². The summed E-state index contributed by atoms with van der Waals surface area (Å²) in [6.07, 6.45) is 3.54. The first kappa shape index (κ1) is 16.0. The Bertz CT molecular complexity index is 309. The van der Waals surface area contributed by atoms with Crippen molar-refractivity contribution in [1.82, 2.24) is 0 Å². The Kier molecular flexibility index (Phi) is 8.97. The summed E-state index contributed by atoms with van der Waals surface area (Å²) >= 11 is 0. The van der Waals surface area contributed by atoms with Crippen LogP contribution in [0, 0.1) is 0 Å². The molecular weight excluding hydrogens is 244 g/mol. The van der Waals surface area contributed by atoms with E-state index in [-0.39, 0.29) is 6.61 Å². The van der Waals surface area contributed by atoms with Crippen LogP contribution in [0.15, 0.2) is 12.2 Å². The zero-order valence-electron chi connectivity index (χ0n) is 10.1. The Labute approximate surface area is 104 Å². The molecule has 0 aromatic heterocycles. The van der Waals surface area contributed by atoms with Crippen molar-refractivity contribution in [2.45, 2.75) is 26.2 Å². The first-order valence-electron chi connectivity index (χ1n) is 5.34. The highest BCUT2D eigenvalue weighted by Gasteiger charge is 2.10. The Morgan fingerprint density at radius 3 is 2.50 bits per heavy atom. The third-order valence-corrected chi connectivity index (χ3v) is 1.66. The molecule has 102 valence electrons. The number of hydrogen-bond donors (Lipinski definition) is 1. The van der Waals surface area contributed by atoms with Gasteiger partial charge in [-0.05, 0) is 19.8 Å². The molecule has 0 amide bonds. The summed E-state index contributed by atoms with van der Waals surface area (Å²) in [5, 5.41) is 8.24. The molecule has 0 saturated carbocycles. The van der Waals surface area contributed by atoms with E-state index in [1.165, 1.54) is 0 Å². The number of unbranched alkanes of at least 4 members (excludes halogenated alkanes) is 1. The fraction of sp³-hybridized carbons (Fsp3) is 0.545. The lowest BCUT2D eigenvalue weighted by molar-refractivity contribution is -0.158. The minimum Gasteiger partial charge on any atom is -0.481 e. The van der Waals surface area contributed by atoms with Gasteiger partial charge in [0, 0.05) is 0 Å². The number of rotatable bonds is 8. The second-order valence-electron chi connectivity index (χ2n) is 3.16. The van der Waals surface area contributed by atoms with Crippen LogP contribution in [0.5, 0.6) is 0 Å². The third kappa shape index (κ3) is 10.5. The summed E-state index contributed by atoms with van der Waals surface area (Å²) in [5.41, 5.74) is 0. The van der Waals surface area contributed by atoms with Crippen molar-refractivity contribution in [2.24, 2.45) is 0 Å². The fourth-order valence-corrected chi connectivity index (χ4v) is 0.883. The van der Waals surface area contributed by atoms with Crippen LogP contribution in [0.4, 0.5) is 4.79 Å². The van der Waals surface area contributed by atoms with Crippen LogP contribution in [0.1, 0.15) is 26.2 Å². The molecule has 0 radical (unpaired) electrons. The maximum Gasteiger partial charge on any atom is 0.511 e. The van der Waals surface area contributed by atoms with Crippen LogP contribution in [-0.4, -0.2) is 36.6 Å². The van der Waals surface area contributed by atoms with Gasteiger partial charge in [-0.15, -0.1) is 0 Å². The van der Waals surface area contributed by atoms with Gasteiger partial charge < -0.3 is 19.3 Å². The van der Waals surface area contributed by atoms with Gasteiger partial charge in [0.25, 0.3) is 0 Å². The summed E-state index contributed by atoms with van der Waals surface area (Å²) in [4.78, 5) is 31.7. The summed E-state index contributed by atoms with van der Waals surface area (Å²) in [6.45, 7) is 1.44. The van der Waals surface area contributed by atoms with Crippen molar-refractivity contribution in [2.75, 3.05) is 13.4 Å². The van der Waals surface area contributed by atoms with Gasteiger partial charge in [0.05, 0.1) is 6.61 Å². The molecule has 1 N–H and O–H groups in total. The van der Waals surface area contributed by atoms with Gasteiger partial charge in [-0.1, -0.05) is 12.2 Å². The molecule has 0 aliphatic rings. The van der Waals surface area contributed by atoms with Crippen molar-refractivity contribution in [3.8, 4) is 0 Å². The number of carboxylic acid groups (broad SMARTS) is 1. The standard InChI is InChI=1S/C11H16O7/c1-2-3-4-5-6-16-11(15)18-8-17-10(14)7-9(12)13/h2-3H,4-8H2,1H3,(H,12,13). The molecule has 0 aromatic rings. The van der Waals surface area contributed by atoms with E-state index in [9.17, 15) is 14.4 Å². The molecule has 0 aromatic carbocycles. The number of hydrogen-bond acceptors (Lipinski definition) is 6. The topological polar surface area (TPSA) is 99.1 Å². The SMILES string of the molecule is CC=CCCCOC(=O)OCOC(=O)CC(=O)O. The molecule has 7 heteroatoms. The number of esters is 1. The summed E-state index contributed by atoms with van der Waals surface area (Å²) in [6, 6.07) is 0. The summed E-state index contributed by atoms with van der Waals surface area (Å²) < 4.78 is 13.3. The average molecular weight is 260 g/mol. The lowest BCUT2D eigenvalue weighted by Crippen LogP contribution is -2.16. The van der Waals surface area contributed by atoms with Crippen LogP contribution in [0.25, 0.3) is 0 Å². The minimum atomic E-state index is -1.31. The van der Waals surface area contributed by atoms with E-state index in [1.807, 2.05) is 19.1 Å². The van der Waals surface area contributed by atoms with Crippen molar-refractivity contribution >= 4 is 18.1 Å². The van der Waals surface area contributed by atoms with Crippen LogP contribution >= 0.6 is 0 Å².